The maximum atomic E-state index is 12.2. The van der Waals surface area contributed by atoms with Crippen LogP contribution in [-0.4, -0.2) is 29.9 Å². The molecule has 1 amide bonds. The number of halogens is 2. The van der Waals surface area contributed by atoms with Gasteiger partial charge in [0, 0.05) is 19.1 Å². The van der Waals surface area contributed by atoms with Crippen molar-refractivity contribution in [1.29, 1.82) is 0 Å². The highest BCUT2D eigenvalue weighted by Gasteiger charge is 2.27. The van der Waals surface area contributed by atoms with Crippen molar-refractivity contribution in [2.24, 2.45) is 11.1 Å². The maximum absolute atomic E-state index is 12.2. The van der Waals surface area contributed by atoms with E-state index in [9.17, 15) is 4.79 Å². The molecule has 0 saturated heterocycles. The molecule has 0 aliphatic carbocycles. The molecule has 0 unspecified atom stereocenters. The van der Waals surface area contributed by atoms with Gasteiger partial charge >= 0.3 is 0 Å². The van der Waals surface area contributed by atoms with E-state index in [1.165, 1.54) is 5.56 Å². The maximum Gasteiger partial charge on any atom is 0.237 e. The molecule has 24 heavy (non-hydrogen) atoms. The number of nitrogens with one attached hydrogen (secondary N) is 1. The van der Waals surface area contributed by atoms with Crippen LogP contribution in [0.25, 0.3) is 0 Å². The van der Waals surface area contributed by atoms with Crippen molar-refractivity contribution in [2.75, 3.05) is 7.05 Å². The zero-order valence-corrected chi connectivity index (χ0v) is 17.3. The molecule has 0 aromatic heterocycles. The molecule has 1 aromatic carbocycles. The Kier molecular flexibility index (Phi) is 11.6. The number of nitrogens with zero attached hydrogens (tertiary/aromatic N) is 1. The Hall–Kier alpha value is -0.810. The Balaban J connectivity index is 0. The molecule has 1 atom stereocenters. The Bertz CT molecular complexity index is 501. The molecule has 0 saturated carbocycles. The van der Waals surface area contributed by atoms with E-state index in [1.807, 2.05) is 32.9 Å². The standard InChI is InChI=1S/C18H31N3O.2ClH/c1-13(2)21(6)12-15-10-8-7-9-14(15)11-20-17(22)16(19)18(3,4)5;;/h7-10,13,16H,11-12,19H2,1-6H3,(H,20,22);2*1H/t16-;;/m1../s1. The zero-order valence-electron chi connectivity index (χ0n) is 15.6. The van der Waals surface area contributed by atoms with Gasteiger partial charge in [0.05, 0.1) is 6.04 Å². The average molecular weight is 378 g/mol. The van der Waals surface area contributed by atoms with Gasteiger partial charge in [-0.2, -0.15) is 0 Å². The number of nitrogens with two attached hydrogens (primary N) is 1. The number of carbonyl (C=O) groups excluding carboxylic acids is 1. The average Bonchev–Trinajstić information content (AvgIpc) is 2.44. The largest absolute Gasteiger partial charge is 0.351 e. The van der Waals surface area contributed by atoms with E-state index in [2.05, 4.69) is 43.2 Å². The molecule has 0 aliphatic rings. The van der Waals surface area contributed by atoms with Crippen molar-refractivity contribution >= 4 is 30.7 Å². The lowest BCUT2D eigenvalue weighted by molar-refractivity contribution is -0.124. The summed E-state index contributed by atoms with van der Waals surface area (Å²) >= 11 is 0. The highest BCUT2D eigenvalue weighted by Crippen LogP contribution is 2.18. The first kappa shape index (κ1) is 25.4. The molecule has 1 aromatic rings. The van der Waals surface area contributed by atoms with Gasteiger partial charge in [-0.3, -0.25) is 9.69 Å². The second kappa shape index (κ2) is 10.9. The Morgan fingerprint density at radius 1 is 1.17 bits per heavy atom. The fourth-order valence-corrected chi connectivity index (χ4v) is 2.02. The quantitative estimate of drug-likeness (QED) is 0.798. The van der Waals surface area contributed by atoms with Crippen LogP contribution in [0.5, 0.6) is 0 Å². The van der Waals surface area contributed by atoms with Gasteiger partial charge < -0.3 is 11.1 Å². The zero-order chi connectivity index (χ0) is 16.9. The summed E-state index contributed by atoms with van der Waals surface area (Å²) in [5, 5.41) is 2.97. The van der Waals surface area contributed by atoms with Crippen molar-refractivity contribution in [3.8, 4) is 0 Å². The molecular weight excluding hydrogens is 345 g/mol. The summed E-state index contributed by atoms with van der Waals surface area (Å²) in [7, 11) is 2.11. The third-order valence-electron chi connectivity index (χ3n) is 4.09. The second-order valence-electron chi connectivity index (χ2n) is 7.34. The number of rotatable bonds is 6. The van der Waals surface area contributed by atoms with Gasteiger partial charge in [0.1, 0.15) is 0 Å². The highest BCUT2D eigenvalue weighted by molar-refractivity contribution is 5.85. The Morgan fingerprint density at radius 2 is 1.67 bits per heavy atom. The van der Waals surface area contributed by atoms with Gasteiger partial charge in [-0.1, -0.05) is 45.0 Å². The Labute approximate surface area is 159 Å². The van der Waals surface area contributed by atoms with Crippen molar-refractivity contribution in [1.82, 2.24) is 10.2 Å². The highest BCUT2D eigenvalue weighted by atomic mass is 35.5. The van der Waals surface area contributed by atoms with E-state index in [0.29, 0.717) is 12.6 Å². The molecule has 0 fully saturated rings. The van der Waals surface area contributed by atoms with Crippen molar-refractivity contribution in [2.45, 2.75) is 59.8 Å². The first-order chi connectivity index (χ1) is 10.1. The van der Waals surface area contributed by atoms with E-state index >= 15 is 0 Å². The molecule has 0 spiro atoms. The van der Waals surface area contributed by atoms with Gasteiger partial charge in [0.15, 0.2) is 0 Å². The van der Waals surface area contributed by atoms with E-state index in [1.54, 1.807) is 0 Å². The summed E-state index contributed by atoms with van der Waals surface area (Å²) in [5.74, 6) is -0.0977. The molecule has 0 heterocycles. The number of amides is 1. The summed E-state index contributed by atoms with van der Waals surface area (Å²) in [6.07, 6.45) is 0. The van der Waals surface area contributed by atoms with Crippen LogP contribution in [-0.2, 0) is 17.9 Å². The number of hydrogen-bond acceptors (Lipinski definition) is 3. The predicted octanol–water partition coefficient (Wildman–Crippen LogP) is 3.36. The van der Waals surface area contributed by atoms with Crippen LogP contribution in [0.15, 0.2) is 24.3 Å². The molecule has 4 nitrogen and oxygen atoms in total. The van der Waals surface area contributed by atoms with E-state index < -0.39 is 6.04 Å². The lowest BCUT2D eigenvalue weighted by Gasteiger charge is -2.26. The second-order valence-corrected chi connectivity index (χ2v) is 7.34. The molecule has 0 bridgehead atoms. The summed E-state index contributed by atoms with van der Waals surface area (Å²) < 4.78 is 0. The van der Waals surface area contributed by atoms with Crippen LogP contribution in [0, 0.1) is 5.41 Å². The first-order valence-corrected chi connectivity index (χ1v) is 7.93. The third kappa shape index (κ3) is 7.84. The normalized spacial score (nSPS) is 12.4. The predicted molar refractivity (Wildman–Crippen MR) is 107 cm³/mol. The minimum atomic E-state index is -0.502. The molecule has 6 heteroatoms. The van der Waals surface area contributed by atoms with E-state index in [-0.39, 0.29) is 36.1 Å². The van der Waals surface area contributed by atoms with Crippen LogP contribution in [0.4, 0.5) is 0 Å². The monoisotopic (exact) mass is 377 g/mol. The SMILES string of the molecule is CC(C)N(C)Cc1ccccc1CNC(=O)[C@@H](N)C(C)(C)C.Cl.Cl. The molecule has 140 valence electrons. The van der Waals surface area contributed by atoms with Crippen molar-refractivity contribution in [3.63, 3.8) is 0 Å². The van der Waals surface area contributed by atoms with Gasteiger partial charge in [0.25, 0.3) is 0 Å². The number of hydrogen-bond donors (Lipinski definition) is 2. The van der Waals surface area contributed by atoms with Crippen LogP contribution in [0.1, 0.15) is 45.7 Å². The fraction of sp³-hybridized carbons (Fsp3) is 0.611. The van der Waals surface area contributed by atoms with E-state index in [4.69, 9.17) is 5.73 Å². The first-order valence-electron chi connectivity index (χ1n) is 7.93. The molecule has 0 aliphatic heterocycles. The molecule has 0 radical (unpaired) electrons. The molecule has 1 rings (SSSR count). The van der Waals surface area contributed by atoms with Gasteiger partial charge in [-0.25, -0.2) is 0 Å². The van der Waals surface area contributed by atoms with E-state index in [0.717, 1.165) is 12.1 Å². The van der Waals surface area contributed by atoms with Gasteiger partial charge in [-0.15, -0.1) is 24.8 Å². The molecule has 3 N–H and O–H groups in total. The molecular formula is C18H33Cl2N3O. The summed E-state index contributed by atoms with van der Waals surface area (Å²) in [6.45, 7) is 11.7. The Morgan fingerprint density at radius 3 is 2.12 bits per heavy atom. The van der Waals surface area contributed by atoms with Crippen LogP contribution >= 0.6 is 24.8 Å². The van der Waals surface area contributed by atoms with Crippen LogP contribution in [0.2, 0.25) is 0 Å². The minimum Gasteiger partial charge on any atom is -0.351 e. The van der Waals surface area contributed by atoms with Gasteiger partial charge in [0.2, 0.25) is 5.91 Å². The van der Waals surface area contributed by atoms with Crippen molar-refractivity contribution in [3.05, 3.63) is 35.4 Å². The van der Waals surface area contributed by atoms with Crippen LogP contribution < -0.4 is 11.1 Å². The lowest BCUT2D eigenvalue weighted by atomic mass is 9.87. The van der Waals surface area contributed by atoms with Crippen molar-refractivity contribution < 1.29 is 4.79 Å². The summed E-state index contributed by atoms with van der Waals surface area (Å²) in [5.41, 5.74) is 8.14. The number of carbonyl (C=O) groups is 1. The minimum absolute atomic E-state index is 0. The van der Waals surface area contributed by atoms with Gasteiger partial charge in [-0.05, 0) is 37.4 Å². The topological polar surface area (TPSA) is 58.4 Å². The smallest absolute Gasteiger partial charge is 0.237 e. The van der Waals surface area contributed by atoms with Crippen LogP contribution in [0.3, 0.4) is 0 Å². The summed E-state index contributed by atoms with van der Waals surface area (Å²) in [4.78, 5) is 14.4. The summed E-state index contributed by atoms with van der Waals surface area (Å²) in [6, 6.07) is 8.20. The third-order valence-corrected chi connectivity index (χ3v) is 4.09. The fourth-order valence-electron chi connectivity index (χ4n) is 2.02. The lowest BCUT2D eigenvalue weighted by Crippen LogP contribution is -2.48. The number of benzene rings is 1.